The highest BCUT2D eigenvalue weighted by Crippen LogP contribution is 2.29. The van der Waals surface area contributed by atoms with Crippen molar-refractivity contribution < 1.29 is 8.78 Å². The third-order valence-corrected chi connectivity index (χ3v) is 3.58. The van der Waals surface area contributed by atoms with Crippen LogP contribution in [0.3, 0.4) is 0 Å². The molecule has 0 aliphatic heterocycles. The summed E-state index contributed by atoms with van der Waals surface area (Å²) >= 11 is 0. The average Bonchev–Trinajstić information content (AvgIpc) is 2.35. The molecule has 0 amide bonds. The van der Waals surface area contributed by atoms with Crippen molar-refractivity contribution in [2.24, 2.45) is 0 Å². The smallest absolute Gasteiger partial charge is 0.128 e. The lowest BCUT2D eigenvalue weighted by molar-refractivity contribution is 0.550. The molecule has 0 bridgehead atoms. The molecule has 1 atom stereocenters. The van der Waals surface area contributed by atoms with Gasteiger partial charge in [0.25, 0.3) is 0 Å². The predicted molar refractivity (Wildman–Crippen MR) is 82.5 cm³/mol. The molecular weight excluding hydrogens is 268 g/mol. The lowest BCUT2D eigenvalue weighted by Crippen LogP contribution is -2.24. The van der Waals surface area contributed by atoms with Gasteiger partial charge < -0.3 is 5.32 Å². The van der Waals surface area contributed by atoms with Crippen LogP contribution in [0, 0.1) is 32.4 Å². The Bertz CT molecular complexity index is 606. The molecule has 2 aromatic rings. The second kappa shape index (κ2) is 6.35. The Kier molecular flexibility index (Phi) is 4.73. The van der Waals surface area contributed by atoms with Crippen molar-refractivity contribution in [3.63, 3.8) is 0 Å². The molecule has 0 spiro atoms. The van der Waals surface area contributed by atoms with Crippen LogP contribution in [0.25, 0.3) is 0 Å². The van der Waals surface area contributed by atoms with Gasteiger partial charge in [-0.2, -0.15) is 0 Å². The topological polar surface area (TPSA) is 12.0 Å². The van der Waals surface area contributed by atoms with Gasteiger partial charge in [0.2, 0.25) is 0 Å². The molecule has 21 heavy (non-hydrogen) atoms. The Morgan fingerprint density at radius 3 is 2.19 bits per heavy atom. The van der Waals surface area contributed by atoms with Gasteiger partial charge in [-0.1, -0.05) is 19.1 Å². The van der Waals surface area contributed by atoms with Crippen molar-refractivity contribution in [2.75, 3.05) is 6.54 Å². The van der Waals surface area contributed by atoms with E-state index in [4.69, 9.17) is 0 Å². The lowest BCUT2D eigenvalue weighted by Gasteiger charge is -2.22. The minimum atomic E-state index is -0.343. The number of benzene rings is 2. The van der Waals surface area contributed by atoms with Crippen molar-refractivity contribution in [3.05, 3.63) is 69.8 Å². The molecule has 0 radical (unpaired) electrons. The summed E-state index contributed by atoms with van der Waals surface area (Å²) in [4.78, 5) is 0. The minimum absolute atomic E-state index is 0.250. The fourth-order valence-electron chi connectivity index (χ4n) is 2.81. The molecule has 2 aromatic carbocycles. The van der Waals surface area contributed by atoms with E-state index in [1.165, 1.54) is 18.2 Å². The Morgan fingerprint density at radius 1 is 0.952 bits per heavy atom. The monoisotopic (exact) mass is 289 g/mol. The van der Waals surface area contributed by atoms with Crippen molar-refractivity contribution in [1.29, 1.82) is 0 Å². The molecule has 0 fully saturated rings. The van der Waals surface area contributed by atoms with Crippen LogP contribution in [-0.4, -0.2) is 6.54 Å². The van der Waals surface area contributed by atoms with E-state index in [-0.39, 0.29) is 17.7 Å². The van der Waals surface area contributed by atoms with Gasteiger partial charge in [0.1, 0.15) is 11.6 Å². The minimum Gasteiger partial charge on any atom is -0.306 e. The Balaban J connectivity index is 2.58. The number of hydrogen-bond acceptors (Lipinski definition) is 1. The number of rotatable bonds is 4. The zero-order chi connectivity index (χ0) is 15.6. The predicted octanol–water partition coefficient (Wildman–Crippen LogP) is 4.59. The van der Waals surface area contributed by atoms with Gasteiger partial charge in [-0.15, -0.1) is 0 Å². The summed E-state index contributed by atoms with van der Waals surface area (Å²) in [7, 11) is 0. The first kappa shape index (κ1) is 15.6. The van der Waals surface area contributed by atoms with Crippen molar-refractivity contribution in [1.82, 2.24) is 5.32 Å². The standard InChI is InChI=1S/C18H21F2N/c1-5-21-18(14-7-12(3)8-15(19)10-14)17-13(4)6-11(2)9-16(17)20/h6-10,18,21H,5H2,1-4H3. The van der Waals surface area contributed by atoms with Crippen LogP contribution in [0.2, 0.25) is 0 Å². The quantitative estimate of drug-likeness (QED) is 0.868. The molecule has 112 valence electrons. The molecular formula is C18H21F2N. The molecule has 0 aliphatic carbocycles. The summed E-state index contributed by atoms with van der Waals surface area (Å²) in [6, 6.07) is 7.98. The first-order valence-corrected chi connectivity index (χ1v) is 7.19. The van der Waals surface area contributed by atoms with Crippen molar-refractivity contribution in [2.45, 2.75) is 33.7 Å². The summed E-state index contributed by atoms with van der Waals surface area (Å²) in [6.07, 6.45) is 0. The third kappa shape index (κ3) is 3.48. The Hall–Kier alpha value is -1.74. The highest BCUT2D eigenvalue weighted by Gasteiger charge is 2.20. The highest BCUT2D eigenvalue weighted by atomic mass is 19.1. The first-order chi connectivity index (χ1) is 9.92. The molecule has 0 aromatic heterocycles. The van der Waals surface area contributed by atoms with E-state index in [2.05, 4.69) is 5.32 Å². The summed E-state index contributed by atoms with van der Waals surface area (Å²) < 4.78 is 28.1. The van der Waals surface area contributed by atoms with E-state index < -0.39 is 0 Å². The van der Waals surface area contributed by atoms with Crippen LogP contribution < -0.4 is 5.32 Å². The molecule has 0 saturated heterocycles. The van der Waals surface area contributed by atoms with E-state index in [1.54, 1.807) is 0 Å². The molecule has 0 saturated carbocycles. The van der Waals surface area contributed by atoms with E-state index >= 15 is 0 Å². The van der Waals surface area contributed by atoms with Crippen LogP contribution in [0.1, 0.15) is 40.8 Å². The molecule has 0 aliphatic rings. The average molecular weight is 289 g/mol. The molecule has 2 rings (SSSR count). The van der Waals surface area contributed by atoms with Crippen LogP contribution in [0.5, 0.6) is 0 Å². The van der Waals surface area contributed by atoms with Gasteiger partial charge in [0, 0.05) is 5.56 Å². The summed E-state index contributed by atoms with van der Waals surface area (Å²) in [5.41, 5.74) is 3.94. The lowest BCUT2D eigenvalue weighted by atomic mass is 9.92. The maximum atomic E-state index is 14.4. The highest BCUT2D eigenvalue weighted by molar-refractivity contribution is 5.41. The van der Waals surface area contributed by atoms with E-state index in [9.17, 15) is 8.78 Å². The summed E-state index contributed by atoms with van der Waals surface area (Å²) in [5.74, 6) is -0.543. The van der Waals surface area contributed by atoms with Gasteiger partial charge in [-0.05, 0) is 67.8 Å². The van der Waals surface area contributed by atoms with E-state index in [1.807, 2.05) is 39.8 Å². The zero-order valence-electron chi connectivity index (χ0n) is 12.9. The van der Waals surface area contributed by atoms with Crippen LogP contribution in [0.4, 0.5) is 8.78 Å². The Labute approximate surface area is 125 Å². The summed E-state index contributed by atoms with van der Waals surface area (Å²) in [5, 5.41) is 3.26. The maximum Gasteiger partial charge on any atom is 0.128 e. The van der Waals surface area contributed by atoms with Gasteiger partial charge in [0.15, 0.2) is 0 Å². The van der Waals surface area contributed by atoms with Crippen LogP contribution in [-0.2, 0) is 0 Å². The molecule has 1 unspecified atom stereocenters. The normalized spacial score (nSPS) is 12.5. The zero-order valence-corrected chi connectivity index (χ0v) is 12.9. The van der Waals surface area contributed by atoms with Gasteiger partial charge >= 0.3 is 0 Å². The SMILES string of the molecule is CCNC(c1cc(C)cc(F)c1)c1c(C)cc(C)cc1F. The Morgan fingerprint density at radius 2 is 1.62 bits per heavy atom. The largest absolute Gasteiger partial charge is 0.306 e. The number of hydrogen-bond donors (Lipinski definition) is 1. The van der Waals surface area contributed by atoms with Gasteiger partial charge in [0.05, 0.1) is 6.04 Å². The first-order valence-electron chi connectivity index (χ1n) is 7.19. The van der Waals surface area contributed by atoms with Crippen LogP contribution >= 0.6 is 0 Å². The number of aryl methyl sites for hydroxylation is 3. The fourth-order valence-corrected chi connectivity index (χ4v) is 2.81. The van der Waals surface area contributed by atoms with Crippen molar-refractivity contribution in [3.8, 4) is 0 Å². The van der Waals surface area contributed by atoms with E-state index in [0.717, 1.165) is 22.3 Å². The maximum absolute atomic E-state index is 14.4. The van der Waals surface area contributed by atoms with Crippen LogP contribution in [0.15, 0.2) is 30.3 Å². The second-order valence-corrected chi connectivity index (χ2v) is 5.53. The van der Waals surface area contributed by atoms with E-state index in [0.29, 0.717) is 12.1 Å². The number of halogens is 2. The van der Waals surface area contributed by atoms with Gasteiger partial charge in [-0.25, -0.2) is 8.78 Å². The van der Waals surface area contributed by atoms with Crippen molar-refractivity contribution >= 4 is 0 Å². The molecule has 1 nitrogen and oxygen atoms in total. The van der Waals surface area contributed by atoms with Gasteiger partial charge in [-0.3, -0.25) is 0 Å². The molecule has 3 heteroatoms. The third-order valence-electron chi connectivity index (χ3n) is 3.58. The fraction of sp³-hybridized carbons (Fsp3) is 0.333. The summed E-state index contributed by atoms with van der Waals surface area (Å²) in [6.45, 7) is 8.23. The number of nitrogens with one attached hydrogen (secondary N) is 1. The second-order valence-electron chi connectivity index (χ2n) is 5.53. The molecule has 0 heterocycles. The molecule has 1 N–H and O–H groups in total.